The van der Waals surface area contributed by atoms with Gasteiger partial charge in [-0.05, 0) is 36.2 Å². The summed E-state index contributed by atoms with van der Waals surface area (Å²) in [7, 11) is 1.46. The molecule has 2 aromatic rings. The molecule has 158 valence electrons. The number of para-hydroxylation sites is 1. The predicted molar refractivity (Wildman–Crippen MR) is 107 cm³/mol. The third kappa shape index (κ3) is 4.71. The molecule has 1 N–H and O–H groups in total. The summed E-state index contributed by atoms with van der Waals surface area (Å²) < 4.78 is 20.8. The van der Waals surface area contributed by atoms with Crippen molar-refractivity contribution in [3.8, 4) is 17.2 Å². The van der Waals surface area contributed by atoms with E-state index in [1.165, 1.54) is 7.11 Å². The van der Waals surface area contributed by atoms with E-state index in [9.17, 15) is 14.4 Å². The number of benzene rings is 2. The fourth-order valence-corrected chi connectivity index (χ4v) is 2.93. The minimum atomic E-state index is -0.924. The van der Waals surface area contributed by atoms with Crippen molar-refractivity contribution in [2.75, 3.05) is 20.5 Å². The molecule has 0 radical (unpaired) electrons. The molecule has 0 unspecified atom stereocenters. The van der Waals surface area contributed by atoms with Gasteiger partial charge < -0.3 is 24.3 Å². The van der Waals surface area contributed by atoms with Gasteiger partial charge in [-0.15, -0.1) is 0 Å². The van der Waals surface area contributed by atoms with Gasteiger partial charge in [-0.3, -0.25) is 9.59 Å². The number of hydrogen-bond donors (Lipinski definition) is 1. The van der Waals surface area contributed by atoms with Gasteiger partial charge in [0.15, 0.2) is 23.9 Å². The second-order valence-corrected chi connectivity index (χ2v) is 6.99. The smallest absolute Gasteiger partial charge is 0.329 e. The summed E-state index contributed by atoms with van der Waals surface area (Å²) in [6.07, 6.45) is 0. The zero-order valence-corrected chi connectivity index (χ0v) is 17.0. The second-order valence-electron chi connectivity index (χ2n) is 6.99. The van der Waals surface area contributed by atoms with Crippen LogP contribution < -0.4 is 19.5 Å². The molecular weight excluding hydrogens is 390 g/mol. The first-order chi connectivity index (χ1) is 14.4. The maximum absolute atomic E-state index is 12.6. The van der Waals surface area contributed by atoms with Crippen LogP contribution in [0.1, 0.15) is 34.6 Å². The first-order valence-electron chi connectivity index (χ1n) is 9.44. The van der Waals surface area contributed by atoms with Crippen molar-refractivity contribution in [2.24, 2.45) is 5.92 Å². The Bertz CT molecular complexity index is 954. The molecule has 1 aliphatic heterocycles. The third-order valence-corrected chi connectivity index (χ3v) is 4.60. The van der Waals surface area contributed by atoms with E-state index >= 15 is 0 Å². The van der Waals surface area contributed by atoms with Gasteiger partial charge in [-0.1, -0.05) is 26.0 Å². The zero-order chi connectivity index (χ0) is 21.7. The lowest BCUT2D eigenvalue weighted by molar-refractivity contribution is -0.145. The van der Waals surface area contributed by atoms with Crippen molar-refractivity contribution in [3.63, 3.8) is 0 Å². The Hall–Kier alpha value is -3.55. The Morgan fingerprint density at radius 3 is 2.53 bits per heavy atom. The van der Waals surface area contributed by atoms with Gasteiger partial charge in [0.1, 0.15) is 11.8 Å². The number of ketones is 1. The molecule has 30 heavy (non-hydrogen) atoms. The normalized spacial score (nSPS) is 12.9. The number of amides is 1. The van der Waals surface area contributed by atoms with Gasteiger partial charge >= 0.3 is 5.97 Å². The molecule has 0 aliphatic carbocycles. The van der Waals surface area contributed by atoms with Crippen molar-refractivity contribution < 1.29 is 33.3 Å². The highest BCUT2D eigenvalue weighted by atomic mass is 16.7. The largest absolute Gasteiger partial charge is 0.496 e. The quantitative estimate of drug-likeness (QED) is 0.524. The maximum atomic E-state index is 12.6. The molecule has 0 fully saturated rings. The lowest BCUT2D eigenvalue weighted by Crippen LogP contribution is -2.45. The number of rotatable bonds is 8. The van der Waals surface area contributed by atoms with Gasteiger partial charge in [0.25, 0.3) is 5.91 Å². The van der Waals surface area contributed by atoms with Crippen molar-refractivity contribution in [1.29, 1.82) is 0 Å². The molecule has 8 heteroatoms. The highest BCUT2D eigenvalue weighted by Crippen LogP contribution is 2.32. The molecular formula is C22H23NO7. The lowest BCUT2D eigenvalue weighted by Gasteiger charge is -2.21. The van der Waals surface area contributed by atoms with Gasteiger partial charge in [-0.25, -0.2) is 4.79 Å². The first-order valence-corrected chi connectivity index (χ1v) is 9.44. The summed E-state index contributed by atoms with van der Waals surface area (Å²) >= 11 is 0. The van der Waals surface area contributed by atoms with Crippen LogP contribution in [0.3, 0.4) is 0 Å². The maximum Gasteiger partial charge on any atom is 0.329 e. The number of carbonyl (C=O) groups is 3. The van der Waals surface area contributed by atoms with Crippen LogP contribution in [-0.4, -0.2) is 44.2 Å². The van der Waals surface area contributed by atoms with E-state index in [1.54, 1.807) is 56.3 Å². The number of methoxy groups -OCH3 is 1. The molecule has 1 atom stereocenters. The number of ether oxygens (including phenoxy) is 4. The molecule has 0 spiro atoms. The summed E-state index contributed by atoms with van der Waals surface area (Å²) in [4.78, 5) is 37.6. The van der Waals surface area contributed by atoms with E-state index in [0.717, 1.165) is 0 Å². The molecule has 0 saturated heterocycles. The molecule has 0 saturated carbocycles. The van der Waals surface area contributed by atoms with Gasteiger partial charge in [-0.2, -0.15) is 0 Å². The predicted octanol–water partition coefficient (Wildman–Crippen LogP) is 2.60. The van der Waals surface area contributed by atoms with Gasteiger partial charge in [0.05, 0.1) is 12.7 Å². The number of hydrogen-bond acceptors (Lipinski definition) is 7. The first kappa shape index (κ1) is 21.2. The summed E-state index contributed by atoms with van der Waals surface area (Å²) in [5, 5.41) is 2.66. The van der Waals surface area contributed by atoms with E-state index in [1.807, 2.05) is 0 Å². The Kier molecular flexibility index (Phi) is 6.56. The van der Waals surface area contributed by atoms with Gasteiger partial charge in [0, 0.05) is 5.56 Å². The van der Waals surface area contributed by atoms with Crippen LogP contribution in [0.25, 0.3) is 0 Å². The van der Waals surface area contributed by atoms with Crippen LogP contribution in [0, 0.1) is 5.92 Å². The van der Waals surface area contributed by atoms with Gasteiger partial charge in [0.2, 0.25) is 6.79 Å². The minimum absolute atomic E-state index is 0.101. The Morgan fingerprint density at radius 2 is 1.80 bits per heavy atom. The monoisotopic (exact) mass is 413 g/mol. The summed E-state index contributed by atoms with van der Waals surface area (Å²) in [5.41, 5.74) is 0.640. The average Bonchev–Trinajstić information content (AvgIpc) is 3.23. The molecule has 0 bridgehead atoms. The van der Waals surface area contributed by atoms with Crippen molar-refractivity contribution in [3.05, 3.63) is 53.6 Å². The van der Waals surface area contributed by atoms with E-state index in [2.05, 4.69) is 5.32 Å². The van der Waals surface area contributed by atoms with E-state index in [-0.39, 0.29) is 18.5 Å². The van der Waals surface area contributed by atoms with Crippen molar-refractivity contribution in [2.45, 2.75) is 19.9 Å². The fraction of sp³-hybridized carbons (Fsp3) is 0.318. The van der Waals surface area contributed by atoms with Crippen LogP contribution in [0.2, 0.25) is 0 Å². The number of esters is 1. The van der Waals surface area contributed by atoms with Crippen LogP contribution in [0.15, 0.2) is 42.5 Å². The third-order valence-electron chi connectivity index (χ3n) is 4.60. The topological polar surface area (TPSA) is 100 Å². The standard InChI is InChI=1S/C22H23NO7/c1-13(2)20(23-21(25)15-6-4-5-7-17(15)27-3)22(26)28-11-16(24)14-8-9-18-19(10-14)30-12-29-18/h4-10,13,20H,11-12H2,1-3H3,(H,23,25)/t20-/m0/s1. The highest BCUT2D eigenvalue weighted by molar-refractivity contribution is 6.00. The Balaban J connectivity index is 1.62. The molecule has 1 heterocycles. The summed E-state index contributed by atoms with van der Waals surface area (Å²) in [6.45, 7) is 3.19. The van der Waals surface area contributed by atoms with Crippen LogP contribution in [0.5, 0.6) is 17.2 Å². The number of fused-ring (bicyclic) bond motifs is 1. The molecule has 1 aliphatic rings. The van der Waals surface area contributed by atoms with E-state index in [0.29, 0.717) is 28.4 Å². The van der Waals surface area contributed by atoms with Crippen molar-refractivity contribution in [1.82, 2.24) is 5.32 Å². The number of nitrogens with one attached hydrogen (secondary N) is 1. The molecule has 0 aromatic heterocycles. The number of Topliss-reactive ketones (excluding diaryl/α,β-unsaturated/α-hetero) is 1. The average molecular weight is 413 g/mol. The summed E-state index contributed by atoms with van der Waals surface area (Å²) in [5.74, 6) is -0.382. The highest BCUT2D eigenvalue weighted by Gasteiger charge is 2.28. The zero-order valence-electron chi connectivity index (χ0n) is 17.0. The molecule has 3 rings (SSSR count). The Morgan fingerprint density at radius 1 is 1.07 bits per heavy atom. The molecule has 2 aromatic carbocycles. The van der Waals surface area contributed by atoms with Crippen molar-refractivity contribution >= 4 is 17.7 Å². The summed E-state index contributed by atoms with van der Waals surface area (Å²) in [6, 6.07) is 10.5. The second kappa shape index (κ2) is 9.30. The Labute approximate surface area is 174 Å². The van der Waals surface area contributed by atoms with E-state index < -0.39 is 24.5 Å². The minimum Gasteiger partial charge on any atom is -0.496 e. The lowest BCUT2D eigenvalue weighted by atomic mass is 10.0. The van der Waals surface area contributed by atoms with Crippen LogP contribution in [0.4, 0.5) is 0 Å². The van der Waals surface area contributed by atoms with Crippen LogP contribution in [-0.2, 0) is 9.53 Å². The number of carbonyl (C=O) groups excluding carboxylic acids is 3. The van der Waals surface area contributed by atoms with E-state index in [4.69, 9.17) is 18.9 Å². The van der Waals surface area contributed by atoms with Crippen LogP contribution >= 0.6 is 0 Å². The molecule has 8 nitrogen and oxygen atoms in total. The molecule has 1 amide bonds. The SMILES string of the molecule is COc1ccccc1C(=O)N[C@H](C(=O)OCC(=O)c1ccc2c(c1)OCO2)C(C)C. The fourth-order valence-electron chi connectivity index (χ4n) is 2.93.